The van der Waals surface area contributed by atoms with Gasteiger partial charge in [0.15, 0.2) is 0 Å². The lowest BCUT2D eigenvalue weighted by molar-refractivity contribution is -0.0157. The van der Waals surface area contributed by atoms with E-state index in [0.29, 0.717) is 31.8 Å². The molecule has 0 unspecified atom stereocenters. The SMILES string of the molecule is CS(=O)(=O)N1CCO[C@H]2CN(C(=O)c3cc[nH]c3)C[C@H]21. The number of aromatic nitrogens is 1. The van der Waals surface area contributed by atoms with E-state index in [1.807, 2.05) is 0 Å². The molecule has 3 heterocycles. The number of H-pyrrole nitrogens is 1. The normalized spacial score (nSPS) is 27.6. The molecule has 2 fully saturated rings. The first kappa shape index (κ1) is 13.6. The molecule has 1 N–H and O–H groups in total. The van der Waals surface area contributed by atoms with Crippen molar-refractivity contribution in [2.75, 3.05) is 32.5 Å². The van der Waals surface area contributed by atoms with E-state index in [1.54, 1.807) is 23.4 Å². The Morgan fingerprint density at radius 1 is 1.45 bits per heavy atom. The van der Waals surface area contributed by atoms with Crippen LogP contribution < -0.4 is 0 Å². The quantitative estimate of drug-likeness (QED) is 0.798. The molecule has 20 heavy (non-hydrogen) atoms. The number of hydrogen-bond donors (Lipinski definition) is 1. The third-order valence-corrected chi connectivity index (χ3v) is 5.11. The van der Waals surface area contributed by atoms with Crippen LogP contribution in [0.5, 0.6) is 0 Å². The molecule has 2 saturated heterocycles. The Kier molecular flexibility index (Phi) is 3.31. The van der Waals surface area contributed by atoms with E-state index in [0.717, 1.165) is 0 Å². The average molecular weight is 299 g/mol. The van der Waals surface area contributed by atoms with Gasteiger partial charge in [0.2, 0.25) is 10.0 Å². The Morgan fingerprint density at radius 3 is 2.90 bits per heavy atom. The Morgan fingerprint density at radius 2 is 2.25 bits per heavy atom. The molecule has 2 atom stereocenters. The molecule has 0 spiro atoms. The van der Waals surface area contributed by atoms with Crippen molar-refractivity contribution in [3.63, 3.8) is 0 Å². The first-order valence-corrected chi connectivity index (χ1v) is 8.32. The van der Waals surface area contributed by atoms with Gasteiger partial charge in [0, 0.05) is 32.0 Å². The molecular weight excluding hydrogens is 282 g/mol. The maximum absolute atomic E-state index is 12.3. The summed E-state index contributed by atoms with van der Waals surface area (Å²) in [6.07, 6.45) is 4.29. The number of amides is 1. The summed E-state index contributed by atoms with van der Waals surface area (Å²) in [6, 6.07) is 1.43. The van der Waals surface area contributed by atoms with Crippen LogP contribution in [0, 0.1) is 0 Å². The zero-order valence-electron chi connectivity index (χ0n) is 11.2. The van der Waals surface area contributed by atoms with Gasteiger partial charge in [0.1, 0.15) is 0 Å². The van der Waals surface area contributed by atoms with E-state index >= 15 is 0 Å². The third-order valence-electron chi connectivity index (χ3n) is 3.81. The molecule has 0 aliphatic carbocycles. The molecule has 1 aromatic heterocycles. The van der Waals surface area contributed by atoms with Crippen LogP contribution in [0.25, 0.3) is 0 Å². The number of fused-ring (bicyclic) bond motifs is 1. The summed E-state index contributed by atoms with van der Waals surface area (Å²) in [5, 5.41) is 0. The largest absolute Gasteiger partial charge is 0.373 e. The van der Waals surface area contributed by atoms with Crippen molar-refractivity contribution in [3.05, 3.63) is 24.0 Å². The highest BCUT2D eigenvalue weighted by Gasteiger charge is 2.45. The van der Waals surface area contributed by atoms with Crippen LogP contribution in [0.3, 0.4) is 0 Å². The maximum atomic E-state index is 12.3. The van der Waals surface area contributed by atoms with Crippen molar-refractivity contribution >= 4 is 15.9 Å². The van der Waals surface area contributed by atoms with Crippen LogP contribution in [0.2, 0.25) is 0 Å². The molecule has 8 heteroatoms. The fraction of sp³-hybridized carbons (Fsp3) is 0.583. The molecule has 2 aliphatic rings. The predicted molar refractivity (Wildman–Crippen MR) is 71.8 cm³/mol. The molecule has 0 saturated carbocycles. The molecule has 1 amide bonds. The van der Waals surface area contributed by atoms with Crippen LogP contribution in [0.4, 0.5) is 0 Å². The number of sulfonamides is 1. The number of carbonyl (C=O) groups is 1. The summed E-state index contributed by atoms with van der Waals surface area (Å²) < 4.78 is 30.7. The molecule has 7 nitrogen and oxygen atoms in total. The van der Waals surface area contributed by atoms with Crippen LogP contribution in [0.15, 0.2) is 18.5 Å². The Bertz CT molecular complexity index is 598. The van der Waals surface area contributed by atoms with Gasteiger partial charge in [-0.3, -0.25) is 4.79 Å². The van der Waals surface area contributed by atoms with E-state index in [2.05, 4.69) is 4.98 Å². The number of hydrogen-bond acceptors (Lipinski definition) is 4. The zero-order valence-corrected chi connectivity index (χ0v) is 12.0. The maximum Gasteiger partial charge on any atom is 0.255 e. The van der Waals surface area contributed by atoms with Crippen LogP contribution >= 0.6 is 0 Å². The highest BCUT2D eigenvalue weighted by Crippen LogP contribution is 2.25. The van der Waals surface area contributed by atoms with Crippen LogP contribution in [-0.2, 0) is 14.8 Å². The fourth-order valence-electron chi connectivity index (χ4n) is 2.87. The summed E-state index contributed by atoms with van der Waals surface area (Å²) in [7, 11) is -3.27. The van der Waals surface area contributed by atoms with Gasteiger partial charge in [-0.05, 0) is 6.07 Å². The average Bonchev–Trinajstić information content (AvgIpc) is 3.05. The minimum absolute atomic E-state index is 0.0994. The Hall–Kier alpha value is -1.38. The van der Waals surface area contributed by atoms with Crippen molar-refractivity contribution < 1.29 is 17.9 Å². The van der Waals surface area contributed by atoms with Crippen molar-refractivity contribution in [3.8, 4) is 0 Å². The lowest BCUT2D eigenvalue weighted by Gasteiger charge is -2.34. The van der Waals surface area contributed by atoms with Crippen molar-refractivity contribution in [2.45, 2.75) is 12.1 Å². The number of aromatic amines is 1. The third kappa shape index (κ3) is 2.34. The highest BCUT2D eigenvalue weighted by atomic mass is 32.2. The van der Waals surface area contributed by atoms with Crippen molar-refractivity contribution in [1.82, 2.24) is 14.2 Å². The van der Waals surface area contributed by atoms with E-state index in [1.165, 1.54) is 10.6 Å². The summed E-state index contributed by atoms with van der Waals surface area (Å²) in [5.41, 5.74) is 0.578. The van der Waals surface area contributed by atoms with Crippen LogP contribution in [-0.4, -0.2) is 73.2 Å². The molecule has 0 aromatic carbocycles. The number of nitrogens with one attached hydrogen (secondary N) is 1. The molecule has 0 bridgehead atoms. The smallest absolute Gasteiger partial charge is 0.255 e. The van der Waals surface area contributed by atoms with Gasteiger partial charge in [-0.2, -0.15) is 4.31 Å². The first-order valence-electron chi connectivity index (χ1n) is 6.47. The van der Waals surface area contributed by atoms with Gasteiger partial charge in [0.05, 0.1) is 30.6 Å². The van der Waals surface area contributed by atoms with Gasteiger partial charge >= 0.3 is 0 Å². The van der Waals surface area contributed by atoms with Gasteiger partial charge in [-0.15, -0.1) is 0 Å². The molecule has 110 valence electrons. The number of carbonyl (C=O) groups excluding carboxylic acids is 1. The Labute approximate surface area is 117 Å². The van der Waals surface area contributed by atoms with E-state index in [-0.39, 0.29) is 18.1 Å². The second-order valence-electron chi connectivity index (χ2n) is 5.16. The van der Waals surface area contributed by atoms with Crippen molar-refractivity contribution in [2.24, 2.45) is 0 Å². The predicted octanol–water partition coefficient (Wildman–Crippen LogP) is -0.500. The monoisotopic (exact) mass is 299 g/mol. The molecule has 1 aromatic rings. The molecule has 3 rings (SSSR count). The topological polar surface area (TPSA) is 82.7 Å². The fourth-order valence-corrected chi connectivity index (χ4v) is 3.97. The molecular formula is C12H17N3O4S. The van der Waals surface area contributed by atoms with E-state index in [9.17, 15) is 13.2 Å². The number of morpholine rings is 1. The number of likely N-dealkylation sites (tertiary alicyclic amines) is 1. The van der Waals surface area contributed by atoms with Gasteiger partial charge < -0.3 is 14.6 Å². The summed E-state index contributed by atoms with van der Waals surface area (Å²) in [5.74, 6) is -0.0994. The molecule has 2 aliphatic heterocycles. The number of rotatable bonds is 2. The summed E-state index contributed by atoms with van der Waals surface area (Å²) in [4.78, 5) is 16.8. The summed E-state index contributed by atoms with van der Waals surface area (Å²) in [6.45, 7) is 1.54. The number of nitrogens with zero attached hydrogens (tertiary/aromatic N) is 2. The second-order valence-corrected chi connectivity index (χ2v) is 7.10. The zero-order chi connectivity index (χ0) is 14.3. The number of ether oxygens (including phenoxy) is 1. The van der Waals surface area contributed by atoms with Crippen LogP contribution in [0.1, 0.15) is 10.4 Å². The highest BCUT2D eigenvalue weighted by molar-refractivity contribution is 7.88. The second kappa shape index (κ2) is 4.87. The lowest BCUT2D eigenvalue weighted by atomic mass is 10.2. The van der Waals surface area contributed by atoms with Crippen molar-refractivity contribution in [1.29, 1.82) is 0 Å². The standard InChI is InChI=1S/C12H17N3O4S/c1-20(17,18)15-4-5-19-11-8-14(7-10(11)15)12(16)9-2-3-13-6-9/h2-3,6,10-11,13H,4-5,7-8H2,1H3/t10-,11+/m1/s1. The Balaban J connectivity index is 1.79. The minimum Gasteiger partial charge on any atom is -0.373 e. The van der Waals surface area contributed by atoms with E-state index in [4.69, 9.17) is 4.74 Å². The summed E-state index contributed by atoms with van der Waals surface area (Å²) >= 11 is 0. The van der Waals surface area contributed by atoms with Gasteiger partial charge in [-0.1, -0.05) is 0 Å². The van der Waals surface area contributed by atoms with Gasteiger partial charge in [0.25, 0.3) is 5.91 Å². The lowest BCUT2D eigenvalue weighted by Crippen LogP contribution is -2.52. The minimum atomic E-state index is -3.27. The first-order chi connectivity index (χ1) is 9.47. The molecule has 0 radical (unpaired) electrons. The van der Waals surface area contributed by atoms with E-state index < -0.39 is 10.0 Å². The van der Waals surface area contributed by atoms with Gasteiger partial charge in [-0.25, -0.2) is 8.42 Å².